The lowest BCUT2D eigenvalue weighted by atomic mass is 9.92. The molecule has 10 heteroatoms. The highest BCUT2D eigenvalue weighted by Crippen LogP contribution is 2.38. The van der Waals surface area contributed by atoms with Crippen LogP contribution in [0.5, 0.6) is 5.75 Å². The lowest BCUT2D eigenvalue weighted by Crippen LogP contribution is -2.25. The molecule has 0 bridgehead atoms. The van der Waals surface area contributed by atoms with Crippen LogP contribution in [-0.4, -0.2) is 11.6 Å². The van der Waals surface area contributed by atoms with Crippen molar-refractivity contribution in [2.24, 2.45) is 5.92 Å². The molecule has 1 aliphatic heterocycles. The minimum atomic E-state index is -4.66. The molecule has 192 valence electrons. The fraction of sp³-hybridized carbons (Fsp3) is 0.346. The largest absolute Gasteiger partial charge is 0.432 e. The average Bonchev–Trinajstić information content (AvgIpc) is 2.82. The van der Waals surface area contributed by atoms with E-state index in [1.54, 1.807) is 6.07 Å². The first-order valence-corrected chi connectivity index (χ1v) is 11.4. The molecule has 1 fully saturated rings. The van der Waals surface area contributed by atoms with Crippen LogP contribution in [0.25, 0.3) is 11.3 Å². The van der Waals surface area contributed by atoms with Crippen molar-refractivity contribution >= 4 is 0 Å². The number of benzene rings is 2. The fourth-order valence-corrected chi connectivity index (χ4v) is 4.26. The molecular formula is C26H22F7NO2. The predicted molar refractivity (Wildman–Crippen MR) is 117 cm³/mol. The quantitative estimate of drug-likeness (QED) is 0.238. The molecule has 1 aliphatic rings. The Labute approximate surface area is 202 Å². The summed E-state index contributed by atoms with van der Waals surface area (Å²) in [5, 5.41) is 0. The topological polar surface area (TPSA) is 31.4 Å². The van der Waals surface area contributed by atoms with Gasteiger partial charge in [-0.15, -0.1) is 0 Å². The van der Waals surface area contributed by atoms with Gasteiger partial charge in [-0.3, -0.25) is 4.98 Å². The monoisotopic (exact) mass is 513 g/mol. The van der Waals surface area contributed by atoms with Gasteiger partial charge in [0.25, 0.3) is 0 Å². The Bertz CT molecular complexity index is 1180. The van der Waals surface area contributed by atoms with Gasteiger partial charge in [-0.1, -0.05) is 19.4 Å². The van der Waals surface area contributed by atoms with Gasteiger partial charge in [0.1, 0.15) is 22.9 Å². The van der Waals surface area contributed by atoms with Crippen LogP contribution in [-0.2, 0) is 10.8 Å². The standard InChI is InChI=1S/C26H22F7NO2/c1-2-3-14-4-7-23(35-13-14)15-5-6-22(34-12-15)16-8-18(27)24(19(28)9-16)26(32,33)36-17-10-20(29)25(31)21(30)11-17/h5-6,8-12,14,23H,2-4,7,13H2,1H3. The number of aromatic nitrogens is 1. The normalized spacial score (nSPS) is 18.3. The molecule has 2 heterocycles. The SMILES string of the molecule is CCCC1CCC(c2ccc(-c3cc(F)c(C(F)(F)Oc4cc(F)c(F)c(F)c4)c(F)c3)nc2)OC1. The molecule has 2 aromatic carbocycles. The zero-order valence-electron chi connectivity index (χ0n) is 19.1. The summed E-state index contributed by atoms with van der Waals surface area (Å²) in [6.45, 7) is 2.76. The molecule has 0 N–H and O–H groups in total. The smallest absolute Gasteiger partial charge is 0.429 e. The van der Waals surface area contributed by atoms with E-state index in [1.165, 1.54) is 12.3 Å². The van der Waals surface area contributed by atoms with Crippen molar-refractivity contribution in [3.63, 3.8) is 0 Å². The lowest BCUT2D eigenvalue weighted by molar-refractivity contribution is -0.189. The van der Waals surface area contributed by atoms with Crippen molar-refractivity contribution in [2.45, 2.75) is 44.8 Å². The summed E-state index contributed by atoms with van der Waals surface area (Å²) in [4.78, 5) is 4.20. The van der Waals surface area contributed by atoms with Crippen LogP contribution in [0.2, 0.25) is 0 Å². The minimum Gasteiger partial charge on any atom is -0.429 e. The van der Waals surface area contributed by atoms with E-state index < -0.39 is 46.5 Å². The molecule has 2 unspecified atom stereocenters. The highest BCUT2D eigenvalue weighted by molar-refractivity contribution is 5.60. The lowest BCUT2D eigenvalue weighted by Gasteiger charge is -2.29. The van der Waals surface area contributed by atoms with Crippen LogP contribution in [0.1, 0.15) is 49.8 Å². The van der Waals surface area contributed by atoms with Crippen LogP contribution < -0.4 is 4.74 Å². The van der Waals surface area contributed by atoms with Crippen LogP contribution in [0, 0.1) is 35.0 Å². The summed E-state index contributed by atoms with van der Waals surface area (Å²) in [6.07, 6.45) is 0.730. The van der Waals surface area contributed by atoms with Crippen LogP contribution in [0.4, 0.5) is 30.7 Å². The molecule has 0 amide bonds. The zero-order valence-corrected chi connectivity index (χ0v) is 19.1. The Morgan fingerprint density at radius 2 is 1.61 bits per heavy atom. The summed E-state index contributed by atoms with van der Waals surface area (Å²) in [7, 11) is 0. The molecule has 1 saturated heterocycles. The van der Waals surface area contributed by atoms with Gasteiger partial charge < -0.3 is 9.47 Å². The zero-order chi connectivity index (χ0) is 26.0. The molecule has 0 spiro atoms. The highest BCUT2D eigenvalue weighted by atomic mass is 19.3. The van der Waals surface area contributed by atoms with E-state index in [1.807, 2.05) is 0 Å². The summed E-state index contributed by atoms with van der Waals surface area (Å²) in [5.74, 6) is -9.46. The summed E-state index contributed by atoms with van der Waals surface area (Å²) >= 11 is 0. The average molecular weight is 513 g/mol. The molecular weight excluding hydrogens is 491 g/mol. The molecule has 3 nitrogen and oxygen atoms in total. The third-order valence-electron chi connectivity index (χ3n) is 6.06. The maximum atomic E-state index is 14.6. The minimum absolute atomic E-state index is 0.109. The first-order valence-electron chi connectivity index (χ1n) is 11.4. The molecule has 4 rings (SSSR count). The van der Waals surface area contributed by atoms with Crippen molar-refractivity contribution in [1.29, 1.82) is 0 Å². The Kier molecular flexibility index (Phi) is 7.54. The molecule has 0 aliphatic carbocycles. The van der Waals surface area contributed by atoms with Gasteiger partial charge in [0.05, 0.1) is 18.4 Å². The molecule has 0 radical (unpaired) electrons. The number of ether oxygens (including phenoxy) is 2. The number of rotatable bonds is 7. The number of pyridine rings is 1. The van der Waals surface area contributed by atoms with E-state index in [0.717, 1.165) is 31.2 Å². The molecule has 36 heavy (non-hydrogen) atoms. The van der Waals surface area contributed by atoms with Crippen LogP contribution >= 0.6 is 0 Å². The number of halogens is 7. The number of nitrogens with zero attached hydrogens (tertiary/aromatic N) is 1. The number of hydrogen-bond donors (Lipinski definition) is 0. The van der Waals surface area contributed by atoms with E-state index in [-0.39, 0.29) is 29.5 Å². The van der Waals surface area contributed by atoms with Gasteiger partial charge >= 0.3 is 6.11 Å². The Morgan fingerprint density at radius 1 is 0.944 bits per heavy atom. The van der Waals surface area contributed by atoms with Gasteiger partial charge in [0.15, 0.2) is 17.5 Å². The fourth-order valence-electron chi connectivity index (χ4n) is 4.26. The van der Waals surface area contributed by atoms with E-state index in [4.69, 9.17) is 4.74 Å². The summed E-state index contributed by atoms with van der Waals surface area (Å²) in [5.41, 5.74) is -0.951. The maximum absolute atomic E-state index is 14.6. The van der Waals surface area contributed by atoms with Crippen LogP contribution in [0.15, 0.2) is 42.6 Å². The van der Waals surface area contributed by atoms with E-state index in [2.05, 4.69) is 16.6 Å². The first-order chi connectivity index (χ1) is 17.1. The summed E-state index contributed by atoms with van der Waals surface area (Å²) < 4.78 is 108. The van der Waals surface area contributed by atoms with Crippen molar-refractivity contribution in [3.05, 3.63) is 82.8 Å². The van der Waals surface area contributed by atoms with Gasteiger partial charge in [0.2, 0.25) is 0 Å². The van der Waals surface area contributed by atoms with Crippen LogP contribution in [0.3, 0.4) is 0 Å². The second-order valence-corrected chi connectivity index (χ2v) is 8.67. The second-order valence-electron chi connectivity index (χ2n) is 8.67. The van der Waals surface area contributed by atoms with E-state index >= 15 is 0 Å². The maximum Gasteiger partial charge on any atom is 0.432 e. The Morgan fingerprint density at radius 3 is 2.14 bits per heavy atom. The number of alkyl halides is 2. The van der Waals surface area contributed by atoms with Gasteiger partial charge in [0, 0.05) is 23.9 Å². The Hall–Kier alpha value is -3.14. The van der Waals surface area contributed by atoms with Gasteiger partial charge in [-0.05, 0) is 48.9 Å². The van der Waals surface area contributed by atoms with E-state index in [0.29, 0.717) is 24.7 Å². The molecule has 0 saturated carbocycles. The summed E-state index contributed by atoms with van der Waals surface area (Å²) in [6, 6.07) is 4.78. The first kappa shape index (κ1) is 25.9. The second kappa shape index (κ2) is 10.5. The molecule has 1 aromatic heterocycles. The third-order valence-corrected chi connectivity index (χ3v) is 6.06. The third kappa shape index (κ3) is 5.48. The van der Waals surface area contributed by atoms with Crippen molar-refractivity contribution in [3.8, 4) is 17.0 Å². The Balaban J connectivity index is 1.53. The van der Waals surface area contributed by atoms with Gasteiger partial charge in [-0.25, -0.2) is 22.0 Å². The van der Waals surface area contributed by atoms with Crippen molar-refractivity contribution in [2.75, 3.05) is 6.61 Å². The molecule has 2 atom stereocenters. The van der Waals surface area contributed by atoms with Crippen molar-refractivity contribution in [1.82, 2.24) is 4.98 Å². The highest BCUT2D eigenvalue weighted by Gasteiger charge is 2.41. The van der Waals surface area contributed by atoms with E-state index in [9.17, 15) is 30.7 Å². The van der Waals surface area contributed by atoms with Gasteiger partial charge in [-0.2, -0.15) is 8.78 Å². The van der Waals surface area contributed by atoms with Crippen molar-refractivity contribution < 1.29 is 40.2 Å². The predicted octanol–water partition coefficient (Wildman–Crippen LogP) is 7.84. The number of hydrogen-bond acceptors (Lipinski definition) is 3. The molecule has 3 aromatic rings.